The van der Waals surface area contributed by atoms with Crippen LogP contribution in [0.25, 0.3) is 20.2 Å². The number of hydrogen-bond donors (Lipinski definition) is 2. The zero-order valence-electron chi connectivity index (χ0n) is 13.5. The highest BCUT2D eigenvalue weighted by atomic mass is 32.2. The number of hydrogen-bond acceptors (Lipinski definition) is 5. The van der Waals surface area contributed by atoms with Crippen LogP contribution in [0, 0.1) is 0 Å². The molecule has 0 spiro atoms. The van der Waals surface area contributed by atoms with Crippen LogP contribution in [0.4, 0.5) is 0 Å². The molecule has 0 radical (unpaired) electrons. The van der Waals surface area contributed by atoms with Gasteiger partial charge in [0, 0.05) is 22.9 Å². The van der Waals surface area contributed by atoms with Crippen LogP contribution in [0.3, 0.4) is 0 Å². The van der Waals surface area contributed by atoms with Crippen molar-refractivity contribution in [3.63, 3.8) is 0 Å². The number of thiophene rings is 1. The lowest BCUT2D eigenvalue weighted by Gasteiger charge is -2.04. The van der Waals surface area contributed by atoms with Gasteiger partial charge in [-0.1, -0.05) is 0 Å². The van der Waals surface area contributed by atoms with Gasteiger partial charge in [-0.05, 0) is 60.9 Å². The molecule has 0 unspecified atom stereocenters. The number of rotatable bonds is 8. The second kappa shape index (κ2) is 7.81. The molecule has 0 saturated heterocycles. The molecule has 0 aliphatic carbocycles. The largest absolute Gasteiger partial charge is 0.590 e. The predicted molar refractivity (Wildman–Crippen MR) is 98.4 cm³/mol. The first-order valence-corrected chi connectivity index (χ1v) is 9.25. The molecule has 6 heteroatoms. The summed E-state index contributed by atoms with van der Waals surface area (Å²) in [6.45, 7) is 2.31. The van der Waals surface area contributed by atoms with E-state index in [0.717, 1.165) is 44.5 Å². The molecule has 3 rings (SSSR count). The molecule has 4 N–H and O–H groups in total. The fourth-order valence-electron chi connectivity index (χ4n) is 2.60. The maximum Gasteiger partial charge on any atom is 0.184 e. The normalized spacial score (nSPS) is 11.3. The van der Waals surface area contributed by atoms with Crippen LogP contribution in [-0.4, -0.2) is 30.9 Å². The van der Waals surface area contributed by atoms with Gasteiger partial charge >= 0.3 is 0 Å². The average Bonchev–Trinajstić information content (AvgIpc) is 2.88. The average molecular weight is 346 g/mol. The van der Waals surface area contributed by atoms with E-state index in [2.05, 4.69) is 0 Å². The molecule has 5 nitrogen and oxygen atoms in total. The molecule has 0 bridgehead atoms. The fraction of sp³-hybridized carbons (Fsp3) is 0.333. The molecule has 3 aromatic rings. The Morgan fingerprint density at radius 2 is 1.25 bits per heavy atom. The third kappa shape index (κ3) is 3.47. The molecule has 0 aliphatic rings. The molecule has 1 aromatic heterocycles. The van der Waals surface area contributed by atoms with Gasteiger partial charge in [0.15, 0.2) is 9.40 Å². The van der Waals surface area contributed by atoms with Crippen LogP contribution >= 0.6 is 10.8 Å². The van der Waals surface area contributed by atoms with Crippen molar-refractivity contribution in [3.05, 3.63) is 36.4 Å². The lowest BCUT2D eigenvalue weighted by molar-refractivity contribution is 0.313. The number of fused-ring (bicyclic) bond motifs is 3. The van der Waals surface area contributed by atoms with E-state index >= 15 is 0 Å². The molecule has 128 valence electrons. The summed E-state index contributed by atoms with van der Waals surface area (Å²) in [7, 11) is -1.22. The van der Waals surface area contributed by atoms with Crippen molar-refractivity contribution in [1.82, 2.24) is 0 Å². The van der Waals surface area contributed by atoms with E-state index in [-0.39, 0.29) is 0 Å². The molecule has 2 aromatic carbocycles. The maximum atomic E-state index is 12.8. The maximum absolute atomic E-state index is 12.8. The molecule has 0 fully saturated rings. The number of benzene rings is 2. The lowest BCUT2D eigenvalue weighted by Crippen LogP contribution is -2.05. The van der Waals surface area contributed by atoms with E-state index in [1.54, 1.807) is 0 Å². The van der Waals surface area contributed by atoms with Crippen LogP contribution in [0.5, 0.6) is 11.5 Å². The Hall–Kier alpha value is -1.86. The van der Waals surface area contributed by atoms with Gasteiger partial charge in [0.1, 0.15) is 11.5 Å². The van der Waals surface area contributed by atoms with Gasteiger partial charge in [-0.2, -0.15) is 0 Å². The number of nitrogens with two attached hydrogens (primary N) is 2. The van der Waals surface area contributed by atoms with Crippen LogP contribution < -0.4 is 20.9 Å². The quantitative estimate of drug-likeness (QED) is 0.483. The Kier molecular flexibility index (Phi) is 5.52. The SMILES string of the molecule is NCCCOc1ccc2c3ccc(OCCCN)cc3[s+]([O-])c2c1. The molecule has 0 saturated carbocycles. The minimum Gasteiger partial charge on any atom is -0.590 e. The van der Waals surface area contributed by atoms with E-state index in [4.69, 9.17) is 20.9 Å². The molecule has 24 heavy (non-hydrogen) atoms. The fourth-order valence-corrected chi connectivity index (χ4v) is 4.04. The van der Waals surface area contributed by atoms with E-state index in [0.29, 0.717) is 26.3 Å². The van der Waals surface area contributed by atoms with E-state index in [1.165, 1.54) is 0 Å². The van der Waals surface area contributed by atoms with Crippen LogP contribution in [0.2, 0.25) is 0 Å². The highest BCUT2D eigenvalue weighted by Crippen LogP contribution is 2.43. The molecule has 0 atom stereocenters. The first-order chi connectivity index (χ1) is 11.7. The first kappa shape index (κ1) is 17.0. The monoisotopic (exact) mass is 346 g/mol. The van der Waals surface area contributed by atoms with Crippen molar-refractivity contribution < 1.29 is 14.0 Å². The second-order valence-electron chi connectivity index (χ2n) is 5.57. The summed E-state index contributed by atoms with van der Waals surface area (Å²) in [4.78, 5) is 0. The standard InChI is InChI=1S/C18H22N2O3S/c19-7-1-9-22-13-3-5-15-16-6-4-14(23-10-2-8-20)12-18(16)24(21)17(15)11-13/h3-6,11-12H,1-2,7-10,19-20H2. The van der Waals surface area contributed by atoms with Gasteiger partial charge < -0.3 is 25.5 Å². The smallest absolute Gasteiger partial charge is 0.184 e. The molecule has 1 heterocycles. The zero-order chi connectivity index (χ0) is 16.9. The topological polar surface area (TPSA) is 93.6 Å². The van der Waals surface area contributed by atoms with Crippen LogP contribution in [0.1, 0.15) is 12.8 Å². The Bertz CT molecular complexity index is 765. The molecule has 0 aliphatic heterocycles. The first-order valence-electron chi connectivity index (χ1n) is 8.10. The number of ether oxygens (including phenoxy) is 2. The summed E-state index contributed by atoms with van der Waals surface area (Å²) in [5, 5.41) is 1.98. The Labute approximate surface area is 144 Å². The van der Waals surface area contributed by atoms with Crippen molar-refractivity contribution in [1.29, 1.82) is 0 Å². The van der Waals surface area contributed by atoms with E-state index < -0.39 is 10.8 Å². The zero-order valence-corrected chi connectivity index (χ0v) is 14.3. The summed E-state index contributed by atoms with van der Waals surface area (Å²) < 4.78 is 25.7. The molecular weight excluding hydrogens is 324 g/mol. The van der Waals surface area contributed by atoms with Crippen LogP contribution in [0.15, 0.2) is 36.4 Å². The lowest BCUT2D eigenvalue weighted by atomic mass is 10.1. The third-order valence-electron chi connectivity index (χ3n) is 3.83. The third-order valence-corrected chi connectivity index (χ3v) is 5.30. The van der Waals surface area contributed by atoms with Crippen molar-refractivity contribution in [2.24, 2.45) is 11.5 Å². The molecular formula is C18H22N2O3S. The van der Waals surface area contributed by atoms with Gasteiger partial charge in [-0.15, -0.1) is 0 Å². The summed E-state index contributed by atoms with van der Waals surface area (Å²) in [6.07, 6.45) is 1.59. The van der Waals surface area contributed by atoms with Crippen LogP contribution in [-0.2, 0) is 0 Å². The van der Waals surface area contributed by atoms with Crippen molar-refractivity contribution >= 4 is 30.9 Å². The second-order valence-corrected chi connectivity index (χ2v) is 6.98. The summed E-state index contributed by atoms with van der Waals surface area (Å²) in [5.41, 5.74) is 10.9. The van der Waals surface area contributed by atoms with Gasteiger partial charge in [-0.25, -0.2) is 0 Å². The van der Waals surface area contributed by atoms with Crippen molar-refractivity contribution in [2.45, 2.75) is 12.8 Å². The Morgan fingerprint density at radius 1 is 0.792 bits per heavy atom. The summed E-state index contributed by atoms with van der Waals surface area (Å²) >= 11 is 0. The summed E-state index contributed by atoms with van der Waals surface area (Å²) in [6, 6.07) is 11.5. The van der Waals surface area contributed by atoms with Crippen molar-refractivity contribution in [2.75, 3.05) is 26.3 Å². The highest BCUT2D eigenvalue weighted by molar-refractivity contribution is 7.37. The Morgan fingerprint density at radius 3 is 1.67 bits per heavy atom. The van der Waals surface area contributed by atoms with Gasteiger partial charge in [-0.3, -0.25) is 0 Å². The van der Waals surface area contributed by atoms with E-state index in [9.17, 15) is 4.55 Å². The predicted octanol–water partition coefficient (Wildman–Crippen LogP) is 3.18. The summed E-state index contributed by atoms with van der Waals surface area (Å²) in [5.74, 6) is 1.45. The molecule has 0 amide bonds. The highest BCUT2D eigenvalue weighted by Gasteiger charge is 2.17. The minimum absolute atomic E-state index is 0.563. The van der Waals surface area contributed by atoms with Gasteiger partial charge in [0.05, 0.1) is 13.2 Å². The Balaban J connectivity index is 1.93. The minimum atomic E-state index is -1.22. The van der Waals surface area contributed by atoms with Crippen molar-refractivity contribution in [3.8, 4) is 11.5 Å². The van der Waals surface area contributed by atoms with Gasteiger partial charge in [0.25, 0.3) is 0 Å². The van der Waals surface area contributed by atoms with E-state index in [1.807, 2.05) is 36.4 Å². The van der Waals surface area contributed by atoms with Gasteiger partial charge in [0.2, 0.25) is 0 Å².